The number of nitrogens with zero attached hydrogens (tertiary/aromatic N) is 4. The van der Waals surface area contributed by atoms with Gasteiger partial charge >= 0.3 is 6.09 Å². The van der Waals surface area contributed by atoms with Gasteiger partial charge in [-0.1, -0.05) is 12.1 Å². The first-order valence-electron chi connectivity index (χ1n) is 11.7. The molecular weight excluding hydrogens is 430 g/mol. The maximum Gasteiger partial charge on any atom is 0.414 e. The van der Waals surface area contributed by atoms with Crippen LogP contribution in [0.3, 0.4) is 0 Å². The molecule has 0 atom stereocenters. The third-order valence-electron chi connectivity index (χ3n) is 6.94. The van der Waals surface area contributed by atoms with Crippen LogP contribution in [0.25, 0.3) is 21.9 Å². The van der Waals surface area contributed by atoms with E-state index in [4.69, 9.17) is 4.74 Å². The molecule has 1 saturated heterocycles. The zero-order valence-corrected chi connectivity index (χ0v) is 19.0. The van der Waals surface area contributed by atoms with Gasteiger partial charge in [0.05, 0.1) is 11.9 Å². The fraction of sp³-hybridized carbons (Fsp3) is 0.308. The largest absolute Gasteiger partial charge is 0.443 e. The summed E-state index contributed by atoms with van der Waals surface area (Å²) in [6.07, 6.45) is 6.70. The van der Waals surface area contributed by atoms with Crippen LogP contribution in [0.1, 0.15) is 35.2 Å². The number of hydrogen-bond acceptors (Lipinski definition) is 6. The van der Waals surface area contributed by atoms with Crippen LogP contribution in [-0.2, 0) is 4.74 Å². The van der Waals surface area contributed by atoms with Crippen molar-refractivity contribution in [1.82, 2.24) is 20.4 Å². The highest BCUT2D eigenvalue weighted by molar-refractivity contribution is 5.98. The number of amides is 2. The maximum atomic E-state index is 12.7. The van der Waals surface area contributed by atoms with E-state index in [2.05, 4.69) is 40.6 Å². The summed E-state index contributed by atoms with van der Waals surface area (Å²) >= 11 is 0. The molecule has 8 heteroatoms. The second kappa shape index (κ2) is 8.13. The lowest BCUT2D eigenvalue weighted by molar-refractivity contribution is 0.0917. The quantitative estimate of drug-likeness (QED) is 0.640. The van der Waals surface area contributed by atoms with Crippen LogP contribution in [0, 0.1) is 6.92 Å². The lowest BCUT2D eigenvalue weighted by atomic mass is 9.92. The molecule has 0 radical (unpaired) electrons. The van der Waals surface area contributed by atoms with Gasteiger partial charge in [0, 0.05) is 41.7 Å². The Balaban J connectivity index is 1.33. The molecule has 1 aliphatic carbocycles. The number of hydrogen-bond donors (Lipinski definition) is 1. The first kappa shape index (κ1) is 20.7. The third-order valence-corrected chi connectivity index (χ3v) is 6.94. The molecular formula is C26H25N5O3. The molecule has 34 heavy (non-hydrogen) atoms. The lowest BCUT2D eigenvalue weighted by Gasteiger charge is -2.29. The molecule has 3 aliphatic rings. The first-order chi connectivity index (χ1) is 16.6. The van der Waals surface area contributed by atoms with Gasteiger partial charge in [-0.15, -0.1) is 5.10 Å². The van der Waals surface area contributed by atoms with Gasteiger partial charge in [-0.25, -0.2) is 4.79 Å². The van der Waals surface area contributed by atoms with Crippen molar-refractivity contribution in [2.45, 2.75) is 32.2 Å². The molecule has 1 aromatic heterocycles. The number of aryl methyl sites for hydroxylation is 1. The van der Waals surface area contributed by atoms with E-state index in [-0.39, 0.29) is 18.6 Å². The number of anilines is 1. The van der Waals surface area contributed by atoms with E-state index in [1.54, 1.807) is 11.1 Å². The van der Waals surface area contributed by atoms with Crippen LogP contribution >= 0.6 is 0 Å². The maximum absolute atomic E-state index is 12.7. The molecule has 0 bridgehead atoms. The van der Waals surface area contributed by atoms with Gasteiger partial charge < -0.3 is 15.0 Å². The number of cyclic esters (lactones) is 1. The normalized spacial score (nSPS) is 17.8. The molecule has 2 amide bonds. The predicted molar refractivity (Wildman–Crippen MR) is 128 cm³/mol. The Morgan fingerprint density at radius 3 is 2.85 bits per heavy atom. The highest BCUT2D eigenvalue weighted by Crippen LogP contribution is 2.32. The summed E-state index contributed by atoms with van der Waals surface area (Å²) in [5, 5.41) is 13.7. The van der Waals surface area contributed by atoms with Crippen LogP contribution in [-0.4, -0.2) is 52.8 Å². The van der Waals surface area contributed by atoms with E-state index in [0.717, 1.165) is 51.8 Å². The van der Waals surface area contributed by atoms with Gasteiger partial charge in [0.15, 0.2) is 5.82 Å². The second-order valence-electron chi connectivity index (χ2n) is 9.12. The van der Waals surface area contributed by atoms with Crippen molar-refractivity contribution in [1.29, 1.82) is 0 Å². The predicted octanol–water partition coefficient (Wildman–Crippen LogP) is 4.00. The van der Waals surface area contributed by atoms with Gasteiger partial charge in [-0.05, 0) is 67.1 Å². The average molecular weight is 456 g/mol. The Hall–Kier alpha value is -3.94. The Bertz CT molecular complexity index is 1350. The Labute approximate surface area is 197 Å². The van der Waals surface area contributed by atoms with Crippen molar-refractivity contribution in [3.05, 3.63) is 65.6 Å². The lowest BCUT2D eigenvalue weighted by Crippen LogP contribution is -2.39. The summed E-state index contributed by atoms with van der Waals surface area (Å²) in [6.45, 7) is 3.50. The minimum absolute atomic E-state index is 0.0126. The van der Waals surface area contributed by atoms with E-state index in [1.165, 1.54) is 6.42 Å². The minimum Gasteiger partial charge on any atom is -0.443 e. The van der Waals surface area contributed by atoms with Gasteiger partial charge in [0.25, 0.3) is 5.91 Å². The van der Waals surface area contributed by atoms with Crippen molar-refractivity contribution in [3.8, 4) is 11.1 Å². The topological polar surface area (TPSA) is 87.7 Å². The van der Waals surface area contributed by atoms with E-state index >= 15 is 0 Å². The standard InChI is InChI=1S/C26H25N5O3/c1-16-5-6-18(25(32)28-20-3-2-4-20)12-23(16)17-7-8-22-19(11-17)13-27-29-24(22)30-9-10-31-21(14-30)15-34-26(31)33/h5-8,11-14,20H,2-4,9-10,15H2,1H3,(H,28,32). The number of carbonyl (C=O) groups is 2. The SMILES string of the molecule is Cc1ccc(C(=O)NC2CCC2)cc1-c1ccc2c(N3C=C4COC(=O)N4CC3)nncc2c1. The highest BCUT2D eigenvalue weighted by Gasteiger charge is 2.32. The monoisotopic (exact) mass is 455 g/mol. The molecule has 0 spiro atoms. The molecule has 2 fully saturated rings. The van der Waals surface area contributed by atoms with Gasteiger partial charge in [-0.3, -0.25) is 9.69 Å². The average Bonchev–Trinajstić information content (AvgIpc) is 3.20. The zero-order valence-electron chi connectivity index (χ0n) is 19.0. The van der Waals surface area contributed by atoms with Crippen molar-refractivity contribution < 1.29 is 14.3 Å². The fourth-order valence-corrected chi connectivity index (χ4v) is 4.72. The molecule has 1 N–H and O–H groups in total. The van der Waals surface area contributed by atoms with E-state index in [0.29, 0.717) is 24.7 Å². The molecule has 8 nitrogen and oxygen atoms in total. The van der Waals surface area contributed by atoms with Gasteiger partial charge in [0.2, 0.25) is 0 Å². The Kier molecular flexibility index (Phi) is 4.94. The number of aromatic nitrogens is 2. The van der Waals surface area contributed by atoms with Crippen molar-refractivity contribution in [3.63, 3.8) is 0 Å². The molecule has 6 rings (SSSR count). The van der Waals surface area contributed by atoms with E-state index in [9.17, 15) is 9.59 Å². The number of nitrogens with one attached hydrogen (secondary N) is 1. The number of carbonyl (C=O) groups excluding carboxylic acids is 2. The summed E-state index contributed by atoms with van der Waals surface area (Å²) in [5.74, 6) is 0.738. The molecule has 0 unspecified atom stereocenters. The molecule has 1 saturated carbocycles. The van der Waals surface area contributed by atoms with Crippen molar-refractivity contribution >= 4 is 28.6 Å². The molecule has 2 aromatic carbocycles. The zero-order chi connectivity index (χ0) is 23.2. The Morgan fingerprint density at radius 1 is 1.15 bits per heavy atom. The minimum atomic E-state index is -0.293. The molecule has 172 valence electrons. The van der Waals surface area contributed by atoms with Crippen LogP contribution in [0.4, 0.5) is 10.6 Å². The fourth-order valence-electron chi connectivity index (χ4n) is 4.72. The van der Waals surface area contributed by atoms with E-state index < -0.39 is 0 Å². The molecule has 3 heterocycles. The summed E-state index contributed by atoms with van der Waals surface area (Å²) in [4.78, 5) is 28.2. The van der Waals surface area contributed by atoms with Crippen LogP contribution < -0.4 is 10.2 Å². The smallest absolute Gasteiger partial charge is 0.414 e. The summed E-state index contributed by atoms with van der Waals surface area (Å²) in [7, 11) is 0. The van der Waals surface area contributed by atoms with Crippen molar-refractivity contribution in [2.75, 3.05) is 24.6 Å². The second-order valence-corrected chi connectivity index (χ2v) is 9.12. The van der Waals surface area contributed by atoms with E-state index in [1.807, 2.05) is 29.3 Å². The van der Waals surface area contributed by atoms with Gasteiger partial charge in [-0.2, -0.15) is 5.10 Å². The third kappa shape index (κ3) is 3.55. The first-order valence-corrected chi connectivity index (χ1v) is 11.7. The van der Waals surface area contributed by atoms with Crippen molar-refractivity contribution in [2.24, 2.45) is 0 Å². The number of ether oxygens (including phenoxy) is 1. The molecule has 2 aliphatic heterocycles. The van der Waals surface area contributed by atoms with Crippen LogP contribution in [0.15, 0.2) is 54.5 Å². The summed E-state index contributed by atoms with van der Waals surface area (Å²) in [6, 6.07) is 12.4. The number of benzene rings is 2. The summed E-state index contributed by atoms with van der Waals surface area (Å²) in [5.41, 5.74) is 4.67. The molecule has 3 aromatic rings. The number of rotatable bonds is 4. The van der Waals surface area contributed by atoms with Crippen LogP contribution in [0.5, 0.6) is 0 Å². The van der Waals surface area contributed by atoms with Gasteiger partial charge in [0.1, 0.15) is 6.61 Å². The Morgan fingerprint density at radius 2 is 2.03 bits per heavy atom. The summed E-state index contributed by atoms with van der Waals surface area (Å²) < 4.78 is 5.13. The highest BCUT2D eigenvalue weighted by atomic mass is 16.6. The number of fused-ring (bicyclic) bond motifs is 2. The van der Waals surface area contributed by atoms with Crippen LogP contribution in [0.2, 0.25) is 0 Å².